The lowest BCUT2D eigenvalue weighted by molar-refractivity contribution is -0.161. The average Bonchev–Trinajstić information content (AvgIpc) is 0.907. The number of carbonyl (C=O) groups excluding carboxylic acids is 4. The van der Waals surface area contributed by atoms with Crippen LogP contribution in [0.15, 0.2) is 134 Å². The van der Waals surface area contributed by atoms with Crippen LogP contribution in [0, 0.1) is 0 Å². The largest absolute Gasteiger partial charge is 0.472 e. The molecule has 0 spiro atoms. The Morgan fingerprint density at radius 2 is 0.520 bits per heavy atom. The quantitative estimate of drug-likeness (QED) is 0.0169. The number of hydrogen-bond acceptors (Lipinski definition) is 15. The molecular formula is C83H140O17P2. The van der Waals surface area contributed by atoms with E-state index in [1.54, 1.807) is 0 Å². The molecule has 0 aliphatic carbocycles. The second-order valence-electron chi connectivity index (χ2n) is 25.9. The van der Waals surface area contributed by atoms with Crippen LogP contribution in [0.2, 0.25) is 0 Å². The van der Waals surface area contributed by atoms with Crippen LogP contribution in [0.3, 0.4) is 0 Å². The van der Waals surface area contributed by atoms with Gasteiger partial charge < -0.3 is 33.8 Å². The Kier molecular flexibility index (Phi) is 71.0. The third-order valence-corrected chi connectivity index (χ3v) is 18.0. The van der Waals surface area contributed by atoms with Gasteiger partial charge in [0.1, 0.15) is 19.3 Å². The molecule has 102 heavy (non-hydrogen) atoms. The minimum absolute atomic E-state index is 0.0699. The van der Waals surface area contributed by atoms with Crippen LogP contribution >= 0.6 is 15.6 Å². The Hall–Kier alpha value is -4.80. The predicted molar refractivity (Wildman–Crippen MR) is 418 cm³/mol. The van der Waals surface area contributed by atoms with E-state index >= 15 is 0 Å². The van der Waals surface area contributed by atoms with Crippen LogP contribution in [0.4, 0.5) is 0 Å². The molecular weight excluding hydrogens is 1330 g/mol. The van der Waals surface area contributed by atoms with Crippen molar-refractivity contribution in [3.05, 3.63) is 134 Å². The van der Waals surface area contributed by atoms with Crippen molar-refractivity contribution >= 4 is 39.5 Å². The first kappa shape index (κ1) is 97.2. The number of aliphatic hydroxyl groups is 1. The maximum absolute atomic E-state index is 13.1. The van der Waals surface area contributed by atoms with Gasteiger partial charge in [0.2, 0.25) is 0 Å². The molecule has 0 bridgehead atoms. The number of hydrogen-bond donors (Lipinski definition) is 3. The summed E-state index contributed by atoms with van der Waals surface area (Å²) in [5.74, 6) is -2.28. The number of unbranched alkanes of at least 4 members (excludes halogenated alkanes) is 25. The van der Waals surface area contributed by atoms with E-state index in [0.717, 1.165) is 173 Å². The lowest BCUT2D eigenvalue weighted by Crippen LogP contribution is -2.30. The first-order chi connectivity index (χ1) is 49.7. The molecule has 0 heterocycles. The minimum Gasteiger partial charge on any atom is -0.462 e. The standard InChI is InChI=1S/C83H140O17P2/c1-5-9-13-17-21-25-29-33-35-37-38-40-42-46-48-52-56-60-64-68-81(86)94-74-79(100-83(88)70-66-62-58-54-50-44-32-28-24-20-16-12-8-4)76-98-102(91,92)96-72-77(84)71-95-101(89,90)97-75-78(99-82(87)69-65-61-57-53-49-43-31-27-23-19-15-11-7-3)73-93-80(85)67-63-59-55-51-47-45-41-39-36-34-30-26-22-18-14-10-6-2/h9-10,13-14,21-22,25-28,31-36,38,40-41,45,51,55,77-79,84H,5-8,11-12,15-20,23-24,29-30,37,39,42-44,46-50,52-54,56-76H2,1-4H3,(H,89,90)(H,91,92)/b13-9-,14-10-,25-21-,26-22-,31-27-,32-28-,35-33-,36-34-,40-38-,45-41-,55-51-. The van der Waals surface area contributed by atoms with Gasteiger partial charge in [-0.1, -0.05) is 264 Å². The molecule has 0 amide bonds. The Labute approximate surface area is 618 Å². The Morgan fingerprint density at radius 3 is 0.833 bits per heavy atom. The maximum atomic E-state index is 13.1. The molecule has 5 atom stereocenters. The summed E-state index contributed by atoms with van der Waals surface area (Å²) in [7, 11) is -9.98. The van der Waals surface area contributed by atoms with Crippen molar-refractivity contribution in [1.82, 2.24) is 0 Å². The highest BCUT2D eigenvalue weighted by Gasteiger charge is 2.30. The topological polar surface area (TPSA) is 237 Å². The predicted octanol–water partition coefficient (Wildman–Crippen LogP) is 22.9. The van der Waals surface area contributed by atoms with Crippen LogP contribution in [0.25, 0.3) is 0 Å². The summed E-state index contributed by atoms with van der Waals surface area (Å²) in [5.41, 5.74) is 0. The van der Waals surface area contributed by atoms with E-state index in [0.29, 0.717) is 32.1 Å². The SMILES string of the molecule is CC/C=C\C/C=C\C/C=C\C/C=C\C/C=C\CCCC(=O)OCC(COP(=O)(O)OCC(O)COP(=O)(O)OCC(COC(=O)CCCCCCCC/C=C\C/C=C\C/C=C\C/C=C\CC)OC(=O)CCCCCCC/C=C\CCCCCC)OC(=O)CCCCCCC/C=C\CCCCCC. The molecule has 0 radical (unpaired) electrons. The fraction of sp³-hybridized carbons (Fsp3) is 0.687. The molecule has 17 nitrogen and oxygen atoms in total. The van der Waals surface area contributed by atoms with Gasteiger partial charge in [0.05, 0.1) is 26.4 Å². The monoisotopic (exact) mass is 1470 g/mol. The van der Waals surface area contributed by atoms with Crippen molar-refractivity contribution in [2.45, 2.75) is 329 Å². The van der Waals surface area contributed by atoms with Crippen LogP contribution in [-0.2, 0) is 65.4 Å². The number of esters is 4. The number of allylic oxidation sites excluding steroid dienone is 22. The van der Waals surface area contributed by atoms with Gasteiger partial charge in [-0.05, 0) is 154 Å². The summed E-state index contributed by atoms with van der Waals surface area (Å²) >= 11 is 0. The van der Waals surface area contributed by atoms with Crippen molar-refractivity contribution in [3.8, 4) is 0 Å². The highest BCUT2D eigenvalue weighted by Crippen LogP contribution is 2.45. The van der Waals surface area contributed by atoms with Gasteiger partial charge >= 0.3 is 39.5 Å². The van der Waals surface area contributed by atoms with Gasteiger partial charge in [0, 0.05) is 25.7 Å². The van der Waals surface area contributed by atoms with Crippen molar-refractivity contribution in [2.75, 3.05) is 39.6 Å². The molecule has 0 aliphatic rings. The summed E-state index contributed by atoms with van der Waals surface area (Å²) in [4.78, 5) is 72.9. The van der Waals surface area contributed by atoms with Gasteiger partial charge in [0.15, 0.2) is 12.2 Å². The van der Waals surface area contributed by atoms with Crippen molar-refractivity contribution < 1.29 is 80.2 Å². The van der Waals surface area contributed by atoms with E-state index in [4.69, 9.17) is 37.0 Å². The molecule has 0 saturated carbocycles. The molecule has 0 aliphatic heterocycles. The molecule has 0 saturated heterocycles. The summed E-state index contributed by atoms with van der Waals surface area (Å²) in [5, 5.41) is 10.6. The summed E-state index contributed by atoms with van der Waals surface area (Å²) in [6.45, 7) is 4.52. The molecule has 0 rings (SSSR count). The zero-order chi connectivity index (χ0) is 74.6. The second-order valence-corrected chi connectivity index (χ2v) is 28.8. The normalized spacial score (nSPS) is 14.6. The zero-order valence-corrected chi connectivity index (χ0v) is 65.5. The van der Waals surface area contributed by atoms with Gasteiger partial charge in [0.25, 0.3) is 0 Å². The van der Waals surface area contributed by atoms with Crippen LogP contribution in [0.1, 0.15) is 310 Å². The van der Waals surface area contributed by atoms with Gasteiger partial charge in [-0.3, -0.25) is 37.3 Å². The van der Waals surface area contributed by atoms with E-state index in [9.17, 15) is 43.2 Å². The number of ether oxygens (including phenoxy) is 4. The molecule has 5 unspecified atom stereocenters. The second kappa shape index (κ2) is 74.5. The van der Waals surface area contributed by atoms with Gasteiger partial charge in [-0.15, -0.1) is 0 Å². The third-order valence-electron chi connectivity index (χ3n) is 16.1. The molecule has 0 aromatic heterocycles. The van der Waals surface area contributed by atoms with Crippen molar-refractivity contribution in [3.63, 3.8) is 0 Å². The third kappa shape index (κ3) is 73.5. The number of carbonyl (C=O) groups is 4. The summed E-state index contributed by atoms with van der Waals surface area (Å²) < 4.78 is 68.5. The van der Waals surface area contributed by atoms with Gasteiger partial charge in [-0.2, -0.15) is 0 Å². The van der Waals surface area contributed by atoms with Crippen molar-refractivity contribution in [1.29, 1.82) is 0 Å². The number of phosphoric ester groups is 2. The fourth-order valence-electron chi connectivity index (χ4n) is 10.1. The minimum atomic E-state index is -4.99. The lowest BCUT2D eigenvalue weighted by Gasteiger charge is -2.21. The summed E-state index contributed by atoms with van der Waals surface area (Å²) in [6, 6.07) is 0. The number of rotatable bonds is 73. The first-order valence-corrected chi connectivity index (χ1v) is 42.4. The van der Waals surface area contributed by atoms with E-state index in [1.807, 2.05) is 12.2 Å². The highest BCUT2D eigenvalue weighted by molar-refractivity contribution is 7.47. The van der Waals surface area contributed by atoms with Crippen molar-refractivity contribution in [2.24, 2.45) is 0 Å². The Bertz CT molecular complexity index is 2460. The van der Waals surface area contributed by atoms with Crippen LogP contribution in [-0.4, -0.2) is 96.7 Å². The highest BCUT2D eigenvalue weighted by atomic mass is 31.2. The van der Waals surface area contributed by atoms with Crippen LogP contribution < -0.4 is 0 Å². The maximum Gasteiger partial charge on any atom is 0.472 e. The molecule has 584 valence electrons. The molecule has 0 aromatic rings. The molecule has 3 N–H and O–H groups in total. The van der Waals surface area contributed by atoms with E-state index in [2.05, 4.69) is 149 Å². The lowest BCUT2D eigenvalue weighted by atomic mass is 10.1. The molecule has 0 fully saturated rings. The average molecular weight is 1470 g/mol. The Morgan fingerprint density at radius 1 is 0.284 bits per heavy atom. The summed E-state index contributed by atoms with van der Waals surface area (Å²) in [6.07, 6.45) is 83.0. The number of aliphatic hydroxyl groups excluding tert-OH is 1. The fourth-order valence-corrected chi connectivity index (χ4v) is 11.7. The van der Waals surface area contributed by atoms with Gasteiger partial charge in [-0.25, -0.2) is 9.13 Å². The van der Waals surface area contributed by atoms with Crippen LogP contribution in [0.5, 0.6) is 0 Å². The van der Waals surface area contributed by atoms with E-state index in [-0.39, 0.29) is 25.7 Å². The molecule has 19 heteroatoms. The first-order valence-electron chi connectivity index (χ1n) is 39.4. The molecule has 0 aromatic carbocycles. The smallest absolute Gasteiger partial charge is 0.462 e. The zero-order valence-electron chi connectivity index (χ0n) is 63.7. The van der Waals surface area contributed by atoms with E-state index in [1.165, 1.54) is 51.4 Å². The number of phosphoric acid groups is 2. The van der Waals surface area contributed by atoms with E-state index < -0.39 is 97.5 Å². The Balaban J connectivity index is 5.40.